The van der Waals surface area contributed by atoms with Crippen LogP contribution in [-0.4, -0.2) is 6.03 Å². The average Bonchev–Trinajstić information content (AvgIpc) is 3.15. The Morgan fingerprint density at radius 3 is 2.38 bits per heavy atom. The van der Waals surface area contributed by atoms with Gasteiger partial charge in [-0.2, -0.15) is 5.26 Å². The minimum absolute atomic E-state index is 0.357. The molecule has 2 aromatic carbocycles. The SMILES string of the molecule is N#Cc1ccc(NC(=O)NC(c2ccccc2)c2ccco2)cc1. The van der Waals surface area contributed by atoms with Crippen LogP contribution in [0, 0.1) is 11.3 Å². The standard InChI is InChI=1S/C19H15N3O2/c20-13-14-8-10-16(11-9-14)21-19(23)22-18(17-7-4-12-24-17)15-5-2-1-3-6-15/h1-12,18H,(H2,21,22,23). The highest BCUT2D eigenvalue weighted by Gasteiger charge is 2.19. The summed E-state index contributed by atoms with van der Waals surface area (Å²) >= 11 is 0. The summed E-state index contributed by atoms with van der Waals surface area (Å²) in [7, 11) is 0. The maximum atomic E-state index is 12.3. The van der Waals surface area contributed by atoms with Crippen LogP contribution in [0.5, 0.6) is 0 Å². The van der Waals surface area contributed by atoms with Crippen LogP contribution in [0.4, 0.5) is 10.5 Å². The van der Waals surface area contributed by atoms with Gasteiger partial charge in [0.2, 0.25) is 0 Å². The highest BCUT2D eigenvalue weighted by Crippen LogP contribution is 2.22. The number of nitriles is 1. The van der Waals surface area contributed by atoms with Crippen LogP contribution < -0.4 is 10.6 Å². The molecule has 0 aliphatic carbocycles. The molecule has 0 bridgehead atoms. The Bertz CT molecular complexity index is 835. The van der Waals surface area contributed by atoms with Crippen LogP contribution in [0.3, 0.4) is 0 Å². The van der Waals surface area contributed by atoms with Crippen molar-refractivity contribution in [3.8, 4) is 6.07 Å². The van der Waals surface area contributed by atoms with Crippen molar-refractivity contribution in [1.82, 2.24) is 5.32 Å². The van der Waals surface area contributed by atoms with Gasteiger partial charge in [-0.05, 0) is 42.0 Å². The molecule has 0 fully saturated rings. The second-order valence-electron chi connectivity index (χ2n) is 5.15. The lowest BCUT2D eigenvalue weighted by Gasteiger charge is -2.17. The van der Waals surface area contributed by atoms with Crippen molar-refractivity contribution in [1.29, 1.82) is 5.26 Å². The number of hydrogen-bond donors (Lipinski definition) is 2. The number of hydrogen-bond acceptors (Lipinski definition) is 3. The Hall–Kier alpha value is -3.52. The van der Waals surface area contributed by atoms with E-state index in [0.29, 0.717) is 17.0 Å². The molecule has 0 aliphatic rings. The van der Waals surface area contributed by atoms with Crippen molar-refractivity contribution in [2.45, 2.75) is 6.04 Å². The fraction of sp³-hybridized carbons (Fsp3) is 0.0526. The summed E-state index contributed by atoms with van der Waals surface area (Å²) in [6.45, 7) is 0. The van der Waals surface area contributed by atoms with E-state index < -0.39 is 0 Å². The van der Waals surface area contributed by atoms with Crippen molar-refractivity contribution >= 4 is 11.7 Å². The number of nitrogens with one attached hydrogen (secondary N) is 2. The predicted molar refractivity (Wildman–Crippen MR) is 90.3 cm³/mol. The number of furan rings is 1. The van der Waals surface area contributed by atoms with Crippen LogP contribution in [0.15, 0.2) is 77.4 Å². The van der Waals surface area contributed by atoms with Crippen LogP contribution in [-0.2, 0) is 0 Å². The molecule has 1 atom stereocenters. The number of amides is 2. The maximum absolute atomic E-state index is 12.3. The fourth-order valence-corrected chi connectivity index (χ4v) is 2.35. The Balaban J connectivity index is 1.75. The van der Waals surface area contributed by atoms with Gasteiger partial charge in [-0.1, -0.05) is 30.3 Å². The van der Waals surface area contributed by atoms with E-state index in [2.05, 4.69) is 10.6 Å². The topological polar surface area (TPSA) is 78.1 Å². The molecule has 1 unspecified atom stereocenters. The first-order valence-corrected chi connectivity index (χ1v) is 7.42. The van der Waals surface area contributed by atoms with E-state index in [1.807, 2.05) is 42.5 Å². The first kappa shape index (κ1) is 15.4. The predicted octanol–water partition coefficient (Wildman–Crippen LogP) is 4.06. The van der Waals surface area contributed by atoms with Crippen molar-refractivity contribution in [2.24, 2.45) is 0 Å². The molecule has 24 heavy (non-hydrogen) atoms. The Labute approximate surface area is 139 Å². The van der Waals surface area contributed by atoms with Gasteiger partial charge in [0.05, 0.1) is 17.9 Å². The molecule has 118 valence electrons. The van der Waals surface area contributed by atoms with Crippen molar-refractivity contribution < 1.29 is 9.21 Å². The highest BCUT2D eigenvalue weighted by molar-refractivity contribution is 5.89. The van der Waals surface area contributed by atoms with Crippen molar-refractivity contribution in [2.75, 3.05) is 5.32 Å². The molecule has 0 saturated heterocycles. The lowest BCUT2D eigenvalue weighted by Crippen LogP contribution is -2.33. The third-order valence-corrected chi connectivity index (χ3v) is 3.51. The van der Waals surface area contributed by atoms with E-state index in [4.69, 9.17) is 9.68 Å². The molecule has 5 heteroatoms. The molecule has 0 spiro atoms. The highest BCUT2D eigenvalue weighted by atomic mass is 16.3. The largest absolute Gasteiger partial charge is 0.467 e. The number of urea groups is 1. The van der Waals surface area contributed by atoms with Crippen LogP contribution in [0.25, 0.3) is 0 Å². The molecule has 0 aliphatic heterocycles. The molecule has 2 N–H and O–H groups in total. The van der Waals surface area contributed by atoms with Gasteiger partial charge in [-0.15, -0.1) is 0 Å². The summed E-state index contributed by atoms with van der Waals surface area (Å²) in [6, 6.07) is 21.1. The van der Waals surface area contributed by atoms with Gasteiger partial charge in [-0.25, -0.2) is 4.79 Å². The van der Waals surface area contributed by atoms with E-state index in [-0.39, 0.29) is 12.1 Å². The van der Waals surface area contributed by atoms with Gasteiger partial charge in [0.15, 0.2) is 0 Å². The van der Waals surface area contributed by atoms with Gasteiger partial charge in [-0.3, -0.25) is 0 Å². The normalized spacial score (nSPS) is 11.3. The van der Waals surface area contributed by atoms with E-state index in [9.17, 15) is 4.79 Å². The zero-order chi connectivity index (χ0) is 16.8. The number of benzene rings is 2. The second kappa shape index (κ2) is 7.16. The zero-order valence-electron chi connectivity index (χ0n) is 12.8. The lowest BCUT2D eigenvalue weighted by molar-refractivity contribution is 0.248. The van der Waals surface area contributed by atoms with Gasteiger partial charge in [0.1, 0.15) is 11.8 Å². The van der Waals surface area contributed by atoms with Gasteiger partial charge in [0.25, 0.3) is 0 Å². The van der Waals surface area contributed by atoms with E-state index in [0.717, 1.165) is 5.56 Å². The summed E-state index contributed by atoms with van der Waals surface area (Å²) < 4.78 is 5.45. The Kier molecular flexibility index (Phi) is 4.59. The second-order valence-corrected chi connectivity index (χ2v) is 5.15. The third kappa shape index (κ3) is 3.62. The smallest absolute Gasteiger partial charge is 0.320 e. The number of carbonyl (C=O) groups is 1. The molecule has 0 saturated carbocycles. The monoisotopic (exact) mass is 317 g/mol. The molecule has 5 nitrogen and oxygen atoms in total. The van der Waals surface area contributed by atoms with E-state index in [1.54, 1.807) is 36.6 Å². The van der Waals surface area contributed by atoms with Crippen molar-refractivity contribution in [3.63, 3.8) is 0 Å². The minimum atomic E-state index is -0.389. The van der Waals surface area contributed by atoms with Crippen LogP contribution in [0.2, 0.25) is 0 Å². The third-order valence-electron chi connectivity index (χ3n) is 3.51. The van der Waals surface area contributed by atoms with E-state index >= 15 is 0 Å². The zero-order valence-corrected chi connectivity index (χ0v) is 12.8. The van der Waals surface area contributed by atoms with Gasteiger partial charge in [0, 0.05) is 5.69 Å². The lowest BCUT2D eigenvalue weighted by atomic mass is 10.1. The molecule has 1 aromatic heterocycles. The first-order chi connectivity index (χ1) is 11.8. The van der Waals surface area contributed by atoms with E-state index in [1.165, 1.54) is 0 Å². The summed E-state index contributed by atoms with van der Waals surface area (Å²) in [5, 5.41) is 14.5. The summed E-state index contributed by atoms with van der Waals surface area (Å²) in [5.74, 6) is 0.649. The molecule has 0 radical (unpaired) electrons. The van der Waals surface area contributed by atoms with Crippen LogP contribution >= 0.6 is 0 Å². The minimum Gasteiger partial charge on any atom is -0.467 e. The van der Waals surface area contributed by atoms with Crippen LogP contribution in [0.1, 0.15) is 22.9 Å². The molecule has 3 aromatic rings. The maximum Gasteiger partial charge on any atom is 0.320 e. The quantitative estimate of drug-likeness (QED) is 0.761. The van der Waals surface area contributed by atoms with Gasteiger partial charge >= 0.3 is 6.03 Å². The number of rotatable bonds is 4. The molecule has 1 heterocycles. The first-order valence-electron chi connectivity index (χ1n) is 7.42. The summed E-state index contributed by atoms with van der Waals surface area (Å²) in [4.78, 5) is 12.3. The van der Waals surface area contributed by atoms with Crippen molar-refractivity contribution in [3.05, 3.63) is 89.9 Å². The summed E-state index contributed by atoms with van der Waals surface area (Å²) in [5.41, 5.74) is 2.07. The average molecular weight is 317 g/mol. The number of anilines is 1. The fourth-order valence-electron chi connectivity index (χ4n) is 2.35. The Morgan fingerprint density at radius 1 is 1.00 bits per heavy atom. The van der Waals surface area contributed by atoms with Gasteiger partial charge < -0.3 is 15.1 Å². The molecular weight excluding hydrogens is 302 g/mol. The Morgan fingerprint density at radius 2 is 1.75 bits per heavy atom. The number of carbonyl (C=O) groups excluding carboxylic acids is 1. The molecular formula is C19H15N3O2. The summed E-state index contributed by atoms with van der Waals surface area (Å²) in [6.07, 6.45) is 1.57. The molecule has 3 rings (SSSR count). The molecule has 2 amide bonds. The number of nitrogens with zero attached hydrogens (tertiary/aromatic N) is 1.